The third kappa shape index (κ3) is 4.49. The molecule has 30 heavy (non-hydrogen) atoms. The molecule has 0 saturated carbocycles. The Morgan fingerprint density at radius 1 is 1.03 bits per heavy atom. The molecule has 0 bridgehead atoms. The summed E-state index contributed by atoms with van der Waals surface area (Å²) in [5, 5.41) is 10.5. The first-order valence-electron chi connectivity index (χ1n) is 9.92. The lowest BCUT2D eigenvalue weighted by Crippen LogP contribution is -2.47. The molecule has 1 aliphatic heterocycles. The summed E-state index contributed by atoms with van der Waals surface area (Å²) in [7, 11) is 3.33. The fourth-order valence-corrected chi connectivity index (χ4v) is 6.65. The van der Waals surface area contributed by atoms with Crippen molar-refractivity contribution in [2.24, 2.45) is 0 Å². The summed E-state index contributed by atoms with van der Waals surface area (Å²) in [6.07, 6.45) is 0. The van der Waals surface area contributed by atoms with E-state index in [1.165, 1.54) is 16.0 Å². The van der Waals surface area contributed by atoms with E-state index in [1.54, 1.807) is 33.7 Å². The Kier molecular flexibility index (Phi) is 6.34. The van der Waals surface area contributed by atoms with E-state index in [4.69, 9.17) is 12.2 Å². The van der Waals surface area contributed by atoms with Gasteiger partial charge in [0, 0.05) is 50.8 Å². The maximum absolute atomic E-state index is 11.6. The van der Waals surface area contributed by atoms with Crippen LogP contribution in [0.4, 0.5) is 0 Å². The number of hydrogen-bond acceptors (Lipinski definition) is 6. The van der Waals surface area contributed by atoms with Gasteiger partial charge in [0.2, 0.25) is 5.91 Å². The molecule has 7 heteroatoms. The molecule has 3 aromatic rings. The highest BCUT2D eigenvalue weighted by Gasteiger charge is 2.20. The molecule has 2 heterocycles. The normalized spacial score (nSPS) is 14.8. The second-order valence-corrected chi connectivity index (χ2v) is 10.5. The van der Waals surface area contributed by atoms with Crippen molar-refractivity contribution in [2.75, 3.05) is 26.2 Å². The van der Waals surface area contributed by atoms with Crippen molar-refractivity contribution < 1.29 is 9.90 Å². The SMILES string of the molecule is CC(=O)N1CCN(Cc2cc(-c3c(-c4ccc(C)cc4)ssc3=S)ccc2O)CC1. The summed E-state index contributed by atoms with van der Waals surface area (Å²) in [5.41, 5.74) is 5.41. The van der Waals surface area contributed by atoms with Crippen LogP contribution in [-0.4, -0.2) is 47.0 Å². The van der Waals surface area contributed by atoms with Crippen LogP contribution in [0.5, 0.6) is 5.75 Å². The van der Waals surface area contributed by atoms with Gasteiger partial charge >= 0.3 is 0 Å². The van der Waals surface area contributed by atoms with Crippen LogP contribution in [0.1, 0.15) is 18.1 Å². The van der Waals surface area contributed by atoms with Gasteiger partial charge in [0.1, 0.15) is 9.57 Å². The Hall–Kier alpha value is -2.06. The molecule has 0 radical (unpaired) electrons. The van der Waals surface area contributed by atoms with Gasteiger partial charge in [-0.1, -0.05) is 68.8 Å². The van der Waals surface area contributed by atoms with Gasteiger partial charge in [-0.2, -0.15) is 0 Å². The highest BCUT2D eigenvalue weighted by molar-refractivity contribution is 7.80. The van der Waals surface area contributed by atoms with Crippen molar-refractivity contribution in [1.29, 1.82) is 0 Å². The first-order chi connectivity index (χ1) is 14.4. The zero-order valence-corrected chi connectivity index (χ0v) is 19.5. The van der Waals surface area contributed by atoms with Gasteiger partial charge in [-0.25, -0.2) is 0 Å². The maximum atomic E-state index is 11.6. The van der Waals surface area contributed by atoms with E-state index in [1.807, 2.05) is 11.0 Å². The lowest BCUT2D eigenvalue weighted by Gasteiger charge is -2.34. The molecular weight excluding hydrogens is 432 g/mol. The second kappa shape index (κ2) is 8.98. The average molecular weight is 457 g/mol. The number of nitrogens with zero attached hydrogens (tertiary/aromatic N) is 2. The third-order valence-electron chi connectivity index (χ3n) is 5.53. The Morgan fingerprint density at radius 3 is 2.37 bits per heavy atom. The average Bonchev–Trinajstić information content (AvgIpc) is 3.12. The molecule has 1 N–H and O–H groups in total. The minimum atomic E-state index is 0.125. The van der Waals surface area contributed by atoms with Crippen molar-refractivity contribution >= 4 is 38.8 Å². The van der Waals surface area contributed by atoms with E-state index in [-0.39, 0.29) is 5.91 Å². The number of aromatic hydroxyl groups is 1. The predicted molar refractivity (Wildman–Crippen MR) is 128 cm³/mol. The van der Waals surface area contributed by atoms with Crippen LogP contribution in [0.2, 0.25) is 0 Å². The van der Waals surface area contributed by atoms with E-state index < -0.39 is 0 Å². The molecule has 156 valence electrons. The van der Waals surface area contributed by atoms with Crippen LogP contribution >= 0.6 is 32.9 Å². The van der Waals surface area contributed by atoms with E-state index in [9.17, 15) is 9.90 Å². The zero-order chi connectivity index (χ0) is 21.3. The number of phenols is 1. The molecule has 1 aromatic heterocycles. The number of piperazine rings is 1. The molecule has 2 aromatic carbocycles. The van der Waals surface area contributed by atoms with Gasteiger partial charge in [0.25, 0.3) is 0 Å². The van der Waals surface area contributed by atoms with E-state index in [0.29, 0.717) is 12.3 Å². The Bertz CT molecular complexity index is 1110. The molecule has 1 fully saturated rings. The number of carbonyl (C=O) groups excluding carboxylic acids is 1. The minimum Gasteiger partial charge on any atom is -0.508 e. The van der Waals surface area contributed by atoms with Crippen molar-refractivity contribution in [3.8, 4) is 27.3 Å². The van der Waals surface area contributed by atoms with Gasteiger partial charge < -0.3 is 10.0 Å². The summed E-state index contributed by atoms with van der Waals surface area (Å²) < 4.78 is 0.877. The molecular formula is C23H24N2O2S3. The minimum absolute atomic E-state index is 0.125. The van der Waals surface area contributed by atoms with Crippen molar-refractivity contribution in [2.45, 2.75) is 20.4 Å². The summed E-state index contributed by atoms with van der Waals surface area (Å²) in [6, 6.07) is 14.3. The van der Waals surface area contributed by atoms with Crippen molar-refractivity contribution in [3.63, 3.8) is 0 Å². The van der Waals surface area contributed by atoms with Crippen molar-refractivity contribution in [3.05, 3.63) is 57.4 Å². The number of amides is 1. The van der Waals surface area contributed by atoms with Crippen LogP contribution < -0.4 is 0 Å². The van der Waals surface area contributed by atoms with Crippen LogP contribution in [-0.2, 0) is 11.3 Å². The number of benzene rings is 2. The first kappa shape index (κ1) is 21.2. The summed E-state index contributed by atoms with van der Waals surface area (Å²) >= 11 is 5.67. The molecule has 0 atom stereocenters. The molecule has 0 spiro atoms. The lowest BCUT2D eigenvalue weighted by atomic mass is 10.0. The van der Waals surface area contributed by atoms with Crippen LogP contribution in [0.15, 0.2) is 42.5 Å². The summed E-state index contributed by atoms with van der Waals surface area (Å²) in [6.45, 7) is 7.44. The highest BCUT2D eigenvalue weighted by atomic mass is 32.9. The van der Waals surface area contributed by atoms with Crippen LogP contribution in [0.25, 0.3) is 21.6 Å². The summed E-state index contributed by atoms with van der Waals surface area (Å²) in [5.74, 6) is 0.425. The summed E-state index contributed by atoms with van der Waals surface area (Å²) in [4.78, 5) is 16.9. The molecule has 4 nitrogen and oxygen atoms in total. The largest absolute Gasteiger partial charge is 0.508 e. The molecule has 1 amide bonds. The highest BCUT2D eigenvalue weighted by Crippen LogP contribution is 2.42. The van der Waals surface area contributed by atoms with Gasteiger partial charge in [0.15, 0.2) is 0 Å². The molecule has 1 saturated heterocycles. The third-order valence-corrected chi connectivity index (χ3v) is 8.59. The number of hydrogen-bond donors (Lipinski definition) is 1. The number of phenolic OH excluding ortho intramolecular Hbond substituents is 1. The monoisotopic (exact) mass is 456 g/mol. The molecule has 4 rings (SSSR count). The maximum Gasteiger partial charge on any atom is 0.219 e. The van der Waals surface area contributed by atoms with E-state index in [2.05, 4.69) is 42.2 Å². The number of aryl methyl sites for hydroxylation is 1. The Balaban J connectivity index is 1.62. The first-order valence-corrected chi connectivity index (χ1v) is 12.5. The fraction of sp³-hybridized carbons (Fsp3) is 0.304. The Labute approximate surface area is 189 Å². The molecule has 0 unspecified atom stereocenters. The van der Waals surface area contributed by atoms with Crippen LogP contribution in [0, 0.1) is 10.7 Å². The fourth-order valence-electron chi connectivity index (χ4n) is 3.73. The standard InChI is InChI=1S/C23H24N2O2S3/c1-15-3-5-17(6-4-15)22-21(23(28)30-29-22)18-7-8-20(27)19(13-18)14-24-9-11-25(12-10-24)16(2)26/h3-8,13,27H,9-12,14H2,1-2H3. The van der Waals surface area contributed by atoms with Gasteiger partial charge in [-0.05, 0) is 30.2 Å². The van der Waals surface area contributed by atoms with Crippen LogP contribution in [0.3, 0.4) is 0 Å². The second-order valence-electron chi connectivity index (χ2n) is 7.65. The Morgan fingerprint density at radius 2 is 1.70 bits per heavy atom. The van der Waals surface area contributed by atoms with E-state index in [0.717, 1.165) is 46.7 Å². The van der Waals surface area contributed by atoms with Gasteiger partial charge in [-0.15, -0.1) is 0 Å². The lowest BCUT2D eigenvalue weighted by molar-refractivity contribution is -0.130. The number of rotatable bonds is 4. The quantitative estimate of drug-likeness (QED) is 0.413. The zero-order valence-electron chi connectivity index (χ0n) is 17.1. The molecule has 0 aliphatic carbocycles. The van der Waals surface area contributed by atoms with Gasteiger partial charge in [-0.3, -0.25) is 9.69 Å². The smallest absolute Gasteiger partial charge is 0.219 e. The van der Waals surface area contributed by atoms with E-state index >= 15 is 0 Å². The van der Waals surface area contributed by atoms with Crippen molar-refractivity contribution in [1.82, 2.24) is 9.80 Å². The topological polar surface area (TPSA) is 43.8 Å². The predicted octanol–water partition coefficient (Wildman–Crippen LogP) is 5.55. The number of carbonyl (C=O) groups is 1. The van der Waals surface area contributed by atoms with Gasteiger partial charge in [0.05, 0.1) is 4.88 Å². The molecule has 1 aliphatic rings.